The molecule has 0 radical (unpaired) electrons. The van der Waals surface area contributed by atoms with Gasteiger partial charge in [-0.1, -0.05) is 42.5 Å². The van der Waals surface area contributed by atoms with Crippen LogP contribution in [0.25, 0.3) is 11.1 Å². The molecule has 0 atom stereocenters. The number of benzene rings is 3. The summed E-state index contributed by atoms with van der Waals surface area (Å²) in [7, 11) is 2.12. The van der Waals surface area contributed by atoms with Crippen molar-refractivity contribution < 1.29 is 9.13 Å². The van der Waals surface area contributed by atoms with Crippen LogP contribution in [0.2, 0.25) is 0 Å². The highest BCUT2D eigenvalue weighted by molar-refractivity contribution is 5.85. The summed E-state index contributed by atoms with van der Waals surface area (Å²) < 4.78 is 19.5. The fraction of sp³-hybridized carbons (Fsp3) is 0.240. The Morgan fingerprint density at radius 3 is 2.72 bits per heavy atom. The van der Waals surface area contributed by atoms with Gasteiger partial charge in [-0.15, -0.1) is 0 Å². The molecule has 3 nitrogen and oxygen atoms in total. The molecular formula is C25H25FN2O. The van der Waals surface area contributed by atoms with E-state index < -0.39 is 0 Å². The second-order valence-corrected chi connectivity index (χ2v) is 7.40. The summed E-state index contributed by atoms with van der Waals surface area (Å²) in [4.78, 5) is 6.69. The van der Waals surface area contributed by atoms with Gasteiger partial charge in [0.2, 0.25) is 0 Å². The predicted octanol–water partition coefficient (Wildman–Crippen LogP) is 5.46. The van der Waals surface area contributed by atoms with Crippen LogP contribution < -0.4 is 4.74 Å². The van der Waals surface area contributed by atoms with Gasteiger partial charge < -0.3 is 4.74 Å². The molecule has 0 bridgehead atoms. The summed E-state index contributed by atoms with van der Waals surface area (Å²) in [6, 6.07) is 19.2. The number of ether oxygens (including phenoxy) is 1. The third-order valence-corrected chi connectivity index (χ3v) is 5.16. The number of fused-ring (bicyclic) bond motifs is 1. The predicted molar refractivity (Wildman–Crippen MR) is 116 cm³/mol. The van der Waals surface area contributed by atoms with Gasteiger partial charge in [0.25, 0.3) is 0 Å². The van der Waals surface area contributed by atoms with E-state index in [0.717, 1.165) is 36.5 Å². The first-order valence-corrected chi connectivity index (χ1v) is 9.95. The molecule has 0 unspecified atom stereocenters. The summed E-state index contributed by atoms with van der Waals surface area (Å²) in [6.07, 6.45) is 1.96. The third-order valence-electron chi connectivity index (χ3n) is 5.16. The molecule has 1 heterocycles. The van der Waals surface area contributed by atoms with Gasteiger partial charge >= 0.3 is 0 Å². The van der Waals surface area contributed by atoms with Crippen molar-refractivity contribution in [3.05, 3.63) is 88.7 Å². The van der Waals surface area contributed by atoms with E-state index in [2.05, 4.69) is 47.3 Å². The van der Waals surface area contributed by atoms with Gasteiger partial charge in [-0.05, 0) is 60.0 Å². The highest BCUT2D eigenvalue weighted by atomic mass is 19.1. The summed E-state index contributed by atoms with van der Waals surface area (Å²) >= 11 is 0. The van der Waals surface area contributed by atoms with E-state index in [4.69, 9.17) is 4.74 Å². The zero-order chi connectivity index (χ0) is 20.2. The smallest absolute Gasteiger partial charge is 0.127 e. The molecule has 1 aliphatic rings. The molecule has 148 valence electrons. The van der Waals surface area contributed by atoms with E-state index in [1.54, 1.807) is 12.1 Å². The lowest BCUT2D eigenvalue weighted by Gasteiger charge is -2.20. The molecule has 4 heteroatoms. The number of aliphatic imine (C=N–C) groups is 1. The fourth-order valence-corrected chi connectivity index (χ4v) is 3.84. The van der Waals surface area contributed by atoms with Crippen molar-refractivity contribution in [2.45, 2.75) is 26.6 Å². The Bertz CT molecular complexity index is 1040. The molecule has 3 aromatic rings. The third kappa shape index (κ3) is 4.38. The van der Waals surface area contributed by atoms with Crippen molar-refractivity contribution >= 4 is 6.21 Å². The van der Waals surface area contributed by atoms with Crippen LogP contribution >= 0.6 is 0 Å². The van der Waals surface area contributed by atoms with Gasteiger partial charge in [-0.3, -0.25) is 9.89 Å². The van der Waals surface area contributed by atoms with E-state index in [1.807, 2.05) is 25.3 Å². The Hall–Kier alpha value is -2.98. The molecule has 4 rings (SSSR count). The Kier molecular flexibility index (Phi) is 5.72. The van der Waals surface area contributed by atoms with E-state index in [1.165, 1.54) is 28.3 Å². The van der Waals surface area contributed by atoms with Crippen molar-refractivity contribution in [1.29, 1.82) is 0 Å². The van der Waals surface area contributed by atoms with E-state index >= 15 is 0 Å². The standard InChI is InChI=1S/C25H25FN2O/c1-3-29-25-12-18(10-11-23(25)19-6-5-9-22(26)13-19)16-28(2)17-21-8-4-7-20-14-27-15-24(20)21/h4-14H,3,15-17H2,1-2H3. The summed E-state index contributed by atoms with van der Waals surface area (Å²) in [5, 5.41) is 0. The number of rotatable bonds is 7. The topological polar surface area (TPSA) is 24.8 Å². The molecular weight excluding hydrogens is 363 g/mol. The molecule has 0 fully saturated rings. The molecule has 0 saturated carbocycles. The number of nitrogens with zero attached hydrogens (tertiary/aromatic N) is 2. The highest BCUT2D eigenvalue weighted by Crippen LogP contribution is 2.32. The minimum atomic E-state index is -0.242. The quantitative estimate of drug-likeness (QED) is 0.537. The van der Waals surface area contributed by atoms with E-state index in [-0.39, 0.29) is 5.82 Å². The van der Waals surface area contributed by atoms with E-state index in [9.17, 15) is 4.39 Å². The second-order valence-electron chi connectivity index (χ2n) is 7.40. The SMILES string of the molecule is CCOc1cc(CN(C)Cc2cccc3c2CN=C3)ccc1-c1cccc(F)c1. The summed E-state index contributed by atoms with van der Waals surface area (Å²) in [5.41, 5.74) is 6.79. The minimum Gasteiger partial charge on any atom is -0.493 e. The van der Waals surface area contributed by atoms with Crippen LogP contribution in [0.4, 0.5) is 4.39 Å². The molecule has 0 amide bonds. The van der Waals surface area contributed by atoms with Gasteiger partial charge in [-0.2, -0.15) is 0 Å². The lowest BCUT2D eigenvalue weighted by Crippen LogP contribution is -2.18. The lowest BCUT2D eigenvalue weighted by atomic mass is 10.0. The number of halogens is 1. The van der Waals surface area contributed by atoms with Crippen LogP contribution in [0.15, 0.2) is 65.7 Å². The molecule has 0 saturated heterocycles. The molecule has 29 heavy (non-hydrogen) atoms. The van der Waals surface area contributed by atoms with Gasteiger partial charge in [0.1, 0.15) is 11.6 Å². The maximum atomic E-state index is 13.7. The first-order valence-electron chi connectivity index (χ1n) is 9.95. The van der Waals surface area contributed by atoms with Crippen molar-refractivity contribution in [1.82, 2.24) is 4.90 Å². The zero-order valence-corrected chi connectivity index (χ0v) is 16.9. The first kappa shape index (κ1) is 19.3. The normalized spacial score (nSPS) is 12.4. The lowest BCUT2D eigenvalue weighted by molar-refractivity contribution is 0.315. The minimum absolute atomic E-state index is 0.242. The molecule has 1 aliphatic heterocycles. The molecule has 3 aromatic carbocycles. The zero-order valence-electron chi connectivity index (χ0n) is 16.9. The van der Waals surface area contributed by atoms with Crippen LogP contribution in [-0.4, -0.2) is 24.8 Å². The van der Waals surface area contributed by atoms with Crippen molar-refractivity contribution in [3.63, 3.8) is 0 Å². The number of hydrogen-bond acceptors (Lipinski definition) is 3. The number of hydrogen-bond donors (Lipinski definition) is 0. The maximum absolute atomic E-state index is 13.7. The van der Waals surface area contributed by atoms with Gasteiger partial charge in [-0.25, -0.2) is 4.39 Å². The Balaban J connectivity index is 1.53. The first-order chi connectivity index (χ1) is 14.1. The largest absolute Gasteiger partial charge is 0.493 e. The average molecular weight is 388 g/mol. The van der Waals surface area contributed by atoms with Gasteiger partial charge in [0, 0.05) is 24.9 Å². The van der Waals surface area contributed by atoms with Gasteiger partial charge in [0.15, 0.2) is 0 Å². The maximum Gasteiger partial charge on any atom is 0.127 e. The molecule has 0 aromatic heterocycles. The fourth-order valence-electron chi connectivity index (χ4n) is 3.84. The van der Waals surface area contributed by atoms with Crippen LogP contribution in [0.3, 0.4) is 0 Å². The van der Waals surface area contributed by atoms with Crippen LogP contribution in [0.5, 0.6) is 5.75 Å². The summed E-state index contributed by atoms with van der Waals surface area (Å²) in [6.45, 7) is 4.97. The second kappa shape index (κ2) is 8.58. The molecule has 0 N–H and O–H groups in total. The van der Waals surface area contributed by atoms with Crippen LogP contribution in [-0.2, 0) is 19.6 Å². The average Bonchev–Trinajstić information content (AvgIpc) is 3.18. The van der Waals surface area contributed by atoms with Crippen molar-refractivity contribution in [3.8, 4) is 16.9 Å². The summed E-state index contributed by atoms with van der Waals surface area (Å²) in [5.74, 6) is 0.547. The van der Waals surface area contributed by atoms with Crippen LogP contribution in [0, 0.1) is 5.82 Å². The van der Waals surface area contributed by atoms with Crippen LogP contribution in [0.1, 0.15) is 29.2 Å². The Morgan fingerprint density at radius 2 is 1.90 bits per heavy atom. The van der Waals surface area contributed by atoms with E-state index in [0.29, 0.717) is 6.61 Å². The Morgan fingerprint density at radius 1 is 1.03 bits per heavy atom. The monoisotopic (exact) mass is 388 g/mol. The highest BCUT2D eigenvalue weighted by Gasteiger charge is 2.14. The Labute approximate surface area is 171 Å². The molecule has 0 aliphatic carbocycles. The van der Waals surface area contributed by atoms with Crippen molar-refractivity contribution in [2.24, 2.45) is 4.99 Å². The molecule has 0 spiro atoms. The van der Waals surface area contributed by atoms with Crippen molar-refractivity contribution in [2.75, 3.05) is 13.7 Å². The van der Waals surface area contributed by atoms with Gasteiger partial charge in [0.05, 0.1) is 13.2 Å².